The molecule has 0 atom stereocenters. The van der Waals surface area contributed by atoms with Gasteiger partial charge < -0.3 is 4.74 Å². The lowest BCUT2D eigenvalue weighted by atomic mass is 10.2. The van der Waals surface area contributed by atoms with Gasteiger partial charge in [0.1, 0.15) is 5.75 Å². The van der Waals surface area contributed by atoms with E-state index >= 15 is 0 Å². The number of hydrogen-bond acceptors (Lipinski definition) is 1. The molecule has 1 radical (unpaired) electrons. The van der Waals surface area contributed by atoms with Crippen molar-refractivity contribution in [1.82, 2.24) is 0 Å². The van der Waals surface area contributed by atoms with E-state index in [1.165, 1.54) is 0 Å². The molecule has 1 aromatic rings. The fourth-order valence-corrected chi connectivity index (χ4v) is 0.626. The van der Waals surface area contributed by atoms with Gasteiger partial charge in [0.2, 0.25) is 0 Å². The summed E-state index contributed by atoms with van der Waals surface area (Å²) in [6, 6.07) is 7.61. The number of benzene rings is 1. The van der Waals surface area contributed by atoms with Crippen molar-refractivity contribution in [2.24, 2.45) is 0 Å². The van der Waals surface area contributed by atoms with Gasteiger partial charge in [0, 0.05) is 0 Å². The lowest BCUT2D eigenvalue weighted by Gasteiger charge is -1.97. The molecule has 0 aliphatic carbocycles. The molecule has 12 heavy (non-hydrogen) atoms. The number of halogens is 2. The Kier molecular flexibility index (Phi) is 7.02. The van der Waals surface area contributed by atoms with Crippen LogP contribution in [0, 0.1) is 6.92 Å². The van der Waals surface area contributed by atoms with Crippen molar-refractivity contribution in [2.45, 2.75) is 0 Å². The van der Waals surface area contributed by atoms with Gasteiger partial charge in [-0.25, -0.2) is 0 Å². The molecule has 1 rings (SSSR count). The maximum absolute atomic E-state index is 4.94. The van der Waals surface area contributed by atoms with Gasteiger partial charge in [-0.3, -0.25) is 0 Å². The van der Waals surface area contributed by atoms with Gasteiger partial charge in [-0.2, -0.15) is 0 Å². The highest BCUT2D eigenvalue weighted by atomic mass is 35.5. The van der Waals surface area contributed by atoms with E-state index in [1.807, 2.05) is 24.3 Å². The molecule has 0 amide bonds. The molecule has 0 saturated carbocycles. The van der Waals surface area contributed by atoms with Crippen molar-refractivity contribution in [1.29, 1.82) is 0 Å². The molecule has 0 aromatic heterocycles. The van der Waals surface area contributed by atoms with Crippen LogP contribution in [0.5, 0.6) is 5.75 Å². The Labute approximate surface area is 83.3 Å². The van der Waals surface area contributed by atoms with E-state index in [1.54, 1.807) is 7.11 Å². The largest absolute Gasteiger partial charge is 0.497 e. The van der Waals surface area contributed by atoms with Crippen LogP contribution < -0.4 is 4.74 Å². The zero-order valence-corrected chi connectivity index (χ0v) is 8.40. The minimum atomic E-state index is 0.194. The Bertz CT molecular complexity index is 196. The number of ether oxygens (including phenoxy) is 1. The molecule has 0 heterocycles. The quantitative estimate of drug-likeness (QED) is 0.640. The van der Waals surface area contributed by atoms with E-state index in [0.29, 0.717) is 0 Å². The summed E-state index contributed by atoms with van der Waals surface area (Å²) in [6.07, 6.45) is 0. The SMILES string of the molecule is ClCCl.[CH2]c1ccc(OC)cc1. The summed E-state index contributed by atoms with van der Waals surface area (Å²) in [5.41, 5.74) is 1.01. The molecule has 0 spiro atoms. The third kappa shape index (κ3) is 5.28. The van der Waals surface area contributed by atoms with Crippen LogP contribution in [0.15, 0.2) is 24.3 Å². The van der Waals surface area contributed by atoms with Crippen molar-refractivity contribution in [2.75, 3.05) is 12.4 Å². The monoisotopic (exact) mass is 205 g/mol. The number of methoxy groups -OCH3 is 1. The Balaban J connectivity index is 0.000000354. The molecule has 0 aliphatic rings. The van der Waals surface area contributed by atoms with Gasteiger partial charge in [0.05, 0.1) is 12.4 Å². The first kappa shape index (κ1) is 11.6. The average molecular weight is 206 g/mol. The lowest BCUT2D eigenvalue weighted by molar-refractivity contribution is 0.415. The van der Waals surface area contributed by atoms with E-state index in [-0.39, 0.29) is 5.34 Å². The number of alkyl halides is 2. The molecule has 0 bridgehead atoms. The molecule has 0 unspecified atom stereocenters. The third-order valence-corrected chi connectivity index (χ3v) is 1.16. The summed E-state index contributed by atoms with van der Waals surface area (Å²) in [5.74, 6) is 0.877. The van der Waals surface area contributed by atoms with Gasteiger partial charge in [0.15, 0.2) is 0 Å². The first-order chi connectivity index (χ1) is 5.74. The van der Waals surface area contributed by atoms with Gasteiger partial charge in [-0.05, 0) is 24.6 Å². The van der Waals surface area contributed by atoms with Crippen molar-refractivity contribution >= 4 is 23.2 Å². The van der Waals surface area contributed by atoms with Gasteiger partial charge >= 0.3 is 0 Å². The summed E-state index contributed by atoms with van der Waals surface area (Å²) in [6.45, 7) is 3.74. The van der Waals surface area contributed by atoms with Crippen molar-refractivity contribution in [3.8, 4) is 5.75 Å². The summed E-state index contributed by atoms with van der Waals surface area (Å²) < 4.78 is 4.94. The predicted molar refractivity (Wildman–Crippen MR) is 54.0 cm³/mol. The van der Waals surface area contributed by atoms with Gasteiger partial charge in [-0.1, -0.05) is 12.1 Å². The summed E-state index contributed by atoms with van der Waals surface area (Å²) >= 11 is 9.53. The molecule has 0 fully saturated rings. The van der Waals surface area contributed by atoms with Crippen molar-refractivity contribution in [3.63, 3.8) is 0 Å². The second kappa shape index (κ2) is 7.26. The molecule has 0 N–H and O–H groups in total. The van der Waals surface area contributed by atoms with Crippen molar-refractivity contribution in [3.05, 3.63) is 36.8 Å². The fourth-order valence-electron chi connectivity index (χ4n) is 0.626. The molecular formula is C9H11Cl2O. The van der Waals surface area contributed by atoms with Crippen LogP contribution in [0.4, 0.5) is 0 Å². The van der Waals surface area contributed by atoms with Crippen LogP contribution in [-0.4, -0.2) is 12.4 Å². The van der Waals surface area contributed by atoms with Crippen LogP contribution in [0.3, 0.4) is 0 Å². The van der Waals surface area contributed by atoms with Crippen LogP contribution in [-0.2, 0) is 0 Å². The molecule has 1 nitrogen and oxygen atoms in total. The normalized spacial score (nSPS) is 8.33. The van der Waals surface area contributed by atoms with Crippen LogP contribution >= 0.6 is 23.2 Å². The van der Waals surface area contributed by atoms with Crippen LogP contribution in [0.1, 0.15) is 5.56 Å². The van der Waals surface area contributed by atoms with Gasteiger partial charge in [-0.15, -0.1) is 23.2 Å². The van der Waals surface area contributed by atoms with Crippen LogP contribution in [0.2, 0.25) is 0 Å². The van der Waals surface area contributed by atoms with E-state index in [2.05, 4.69) is 6.92 Å². The Hall–Kier alpha value is -0.400. The smallest absolute Gasteiger partial charge is 0.118 e. The van der Waals surface area contributed by atoms with Gasteiger partial charge in [0.25, 0.3) is 0 Å². The topological polar surface area (TPSA) is 9.23 Å². The maximum atomic E-state index is 4.94. The minimum Gasteiger partial charge on any atom is -0.497 e. The standard InChI is InChI=1S/C8H9O.CH2Cl2/c1-7-3-5-8(9-2)6-4-7;2-1-3/h3-6H,1H2,2H3;1H2. The zero-order valence-electron chi connectivity index (χ0n) is 6.89. The Morgan fingerprint density at radius 2 is 1.67 bits per heavy atom. The maximum Gasteiger partial charge on any atom is 0.118 e. The first-order valence-electron chi connectivity index (χ1n) is 3.32. The summed E-state index contributed by atoms with van der Waals surface area (Å²) in [4.78, 5) is 0. The highest BCUT2D eigenvalue weighted by Crippen LogP contribution is 2.09. The van der Waals surface area contributed by atoms with Crippen molar-refractivity contribution < 1.29 is 4.74 Å². The molecule has 0 saturated heterocycles. The number of hydrogen-bond donors (Lipinski definition) is 0. The Morgan fingerprint density at radius 1 is 1.25 bits per heavy atom. The Morgan fingerprint density at radius 3 is 2.00 bits per heavy atom. The van der Waals surface area contributed by atoms with Crippen LogP contribution in [0.25, 0.3) is 0 Å². The third-order valence-electron chi connectivity index (χ3n) is 1.16. The highest BCUT2D eigenvalue weighted by molar-refractivity contribution is 6.40. The van der Waals surface area contributed by atoms with E-state index in [9.17, 15) is 0 Å². The zero-order chi connectivity index (χ0) is 9.40. The molecule has 1 aromatic carbocycles. The summed E-state index contributed by atoms with van der Waals surface area (Å²) in [5, 5.41) is 0.194. The minimum absolute atomic E-state index is 0.194. The highest BCUT2D eigenvalue weighted by Gasteiger charge is 1.85. The lowest BCUT2D eigenvalue weighted by Crippen LogP contribution is -1.80. The van der Waals surface area contributed by atoms with E-state index in [0.717, 1.165) is 11.3 Å². The fraction of sp³-hybridized carbons (Fsp3) is 0.222. The van der Waals surface area contributed by atoms with E-state index in [4.69, 9.17) is 27.9 Å². The molecule has 0 aliphatic heterocycles. The van der Waals surface area contributed by atoms with E-state index < -0.39 is 0 Å². The molecule has 67 valence electrons. The number of rotatable bonds is 1. The summed E-state index contributed by atoms with van der Waals surface area (Å²) in [7, 11) is 1.65. The predicted octanol–water partition coefficient (Wildman–Crippen LogP) is 3.30. The molecular weight excluding hydrogens is 195 g/mol. The second-order valence-corrected chi connectivity index (χ2v) is 2.76. The first-order valence-corrected chi connectivity index (χ1v) is 4.39. The second-order valence-electron chi connectivity index (χ2n) is 1.95. The molecule has 3 heteroatoms. The average Bonchev–Trinajstić information content (AvgIpc) is 2.07.